The molecule has 0 bridgehead atoms. The molecule has 4 atom stereocenters. The topological polar surface area (TPSA) is 119 Å². The molecule has 3 heterocycles. The van der Waals surface area contributed by atoms with E-state index in [1.807, 2.05) is 0 Å². The number of nitrogens with two attached hydrogens (primary N) is 1. The fourth-order valence-corrected chi connectivity index (χ4v) is 2.53. The van der Waals surface area contributed by atoms with Crippen LogP contribution in [0.25, 0.3) is 11.2 Å². The molecular weight excluding hydrogens is 298 g/mol. The summed E-state index contributed by atoms with van der Waals surface area (Å²) in [4.78, 5) is 12.1. The van der Waals surface area contributed by atoms with Crippen molar-refractivity contribution in [2.45, 2.75) is 24.5 Å². The summed E-state index contributed by atoms with van der Waals surface area (Å²) in [5.74, 6) is 2.57. The van der Waals surface area contributed by atoms with Crippen LogP contribution in [0.5, 0.6) is 0 Å². The highest BCUT2D eigenvalue weighted by Crippen LogP contribution is 2.32. The molecule has 21 heavy (non-hydrogen) atoms. The molecule has 3 rings (SSSR count). The standard InChI is InChI=1S/C12H12ClN5O3/c1-2-6-16-10(14)7-11(17-6)18(4-15-7)12-9(20)8(19)5(3-13)21-12/h1,4-5,8-9,12,19-20H,3H2,(H2,14,16,17)/t5-,8-,9-,12-/m1/s1. The Hall–Kier alpha value is -1.92. The molecule has 0 aromatic carbocycles. The molecule has 110 valence electrons. The van der Waals surface area contributed by atoms with Gasteiger partial charge in [-0.1, -0.05) is 0 Å². The number of halogens is 1. The molecule has 1 aliphatic heterocycles. The summed E-state index contributed by atoms with van der Waals surface area (Å²) in [6.45, 7) is 0. The zero-order valence-corrected chi connectivity index (χ0v) is 11.5. The van der Waals surface area contributed by atoms with Crippen LogP contribution in [0.4, 0.5) is 5.82 Å². The summed E-state index contributed by atoms with van der Waals surface area (Å²) >= 11 is 5.69. The largest absolute Gasteiger partial charge is 0.387 e. The highest BCUT2D eigenvalue weighted by molar-refractivity contribution is 6.18. The number of nitrogens with zero attached hydrogens (tertiary/aromatic N) is 4. The Bertz CT molecular complexity index is 727. The molecule has 8 nitrogen and oxygen atoms in total. The Balaban J connectivity index is 2.10. The van der Waals surface area contributed by atoms with Gasteiger partial charge in [0.15, 0.2) is 17.7 Å². The van der Waals surface area contributed by atoms with Gasteiger partial charge in [-0.2, -0.15) is 0 Å². The van der Waals surface area contributed by atoms with Crippen molar-refractivity contribution in [2.24, 2.45) is 0 Å². The van der Waals surface area contributed by atoms with E-state index in [0.29, 0.717) is 11.2 Å². The first-order valence-electron chi connectivity index (χ1n) is 6.11. The summed E-state index contributed by atoms with van der Waals surface area (Å²) in [6, 6.07) is 0. The predicted molar refractivity (Wildman–Crippen MR) is 74.3 cm³/mol. The summed E-state index contributed by atoms with van der Waals surface area (Å²) in [6.07, 6.45) is 2.84. The smallest absolute Gasteiger partial charge is 0.208 e. The van der Waals surface area contributed by atoms with Crippen molar-refractivity contribution >= 4 is 28.6 Å². The van der Waals surface area contributed by atoms with E-state index in [1.54, 1.807) is 0 Å². The van der Waals surface area contributed by atoms with Crippen molar-refractivity contribution in [1.82, 2.24) is 19.5 Å². The maximum Gasteiger partial charge on any atom is 0.208 e. The summed E-state index contributed by atoms with van der Waals surface area (Å²) in [5, 5.41) is 20.0. The van der Waals surface area contributed by atoms with E-state index >= 15 is 0 Å². The van der Waals surface area contributed by atoms with Crippen LogP contribution in [0.15, 0.2) is 6.33 Å². The average Bonchev–Trinajstić information content (AvgIpc) is 3.02. The van der Waals surface area contributed by atoms with Crippen molar-refractivity contribution < 1.29 is 14.9 Å². The van der Waals surface area contributed by atoms with E-state index in [1.165, 1.54) is 10.9 Å². The Morgan fingerprint density at radius 1 is 1.43 bits per heavy atom. The second-order valence-corrected chi connectivity index (χ2v) is 4.91. The van der Waals surface area contributed by atoms with Crippen molar-refractivity contribution in [2.75, 3.05) is 11.6 Å². The minimum absolute atomic E-state index is 0.0497. The van der Waals surface area contributed by atoms with Gasteiger partial charge in [0.2, 0.25) is 5.82 Å². The van der Waals surface area contributed by atoms with E-state index in [0.717, 1.165) is 0 Å². The van der Waals surface area contributed by atoms with Gasteiger partial charge in [0.1, 0.15) is 23.8 Å². The van der Waals surface area contributed by atoms with Gasteiger partial charge in [-0.05, 0) is 5.92 Å². The van der Waals surface area contributed by atoms with Gasteiger partial charge in [0.05, 0.1) is 12.2 Å². The number of alkyl halides is 1. The van der Waals surface area contributed by atoms with Crippen LogP contribution in [0.2, 0.25) is 0 Å². The van der Waals surface area contributed by atoms with Gasteiger partial charge in [-0.3, -0.25) is 4.57 Å². The van der Waals surface area contributed by atoms with Crippen LogP contribution >= 0.6 is 11.6 Å². The molecule has 4 N–H and O–H groups in total. The number of nitrogen functional groups attached to an aromatic ring is 1. The van der Waals surface area contributed by atoms with E-state index in [-0.39, 0.29) is 17.5 Å². The molecule has 1 fully saturated rings. The lowest BCUT2D eigenvalue weighted by Crippen LogP contribution is -2.32. The minimum Gasteiger partial charge on any atom is -0.387 e. The number of aliphatic hydroxyl groups excluding tert-OH is 2. The highest BCUT2D eigenvalue weighted by atomic mass is 35.5. The molecule has 1 saturated heterocycles. The molecule has 9 heteroatoms. The number of fused-ring (bicyclic) bond motifs is 1. The Morgan fingerprint density at radius 2 is 2.19 bits per heavy atom. The third kappa shape index (κ3) is 2.11. The van der Waals surface area contributed by atoms with Crippen molar-refractivity contribution in [1.29, 1.82) is 0 Å². The zero-order valence-electron chi connectivity index (χ0n) is 10.7. The number of hydrogen-bond acceptors (Lipinski definition) is 7. The maximum absolute atomic E-state index is 10.1. The number of terminal acetylenes is 1. The lowest BCUT2D eigenvalue weighted by Gasteiger charge is -2.16. The maximum atomic E-state index is 10.1. The van der Waals surface area contributed by atoms with Crippen LogP contribution in [0, 0.1) is 12.3 Å². The Morgan fingerprint density at radius 3 is 2.81 bits per heavy atom. The van der Waals surface area contributed by atoms with E-state index in [2.05, 4.69) is 20.9 Å². The third-order valence-corrected chi connectivity index (χ3v) is 3.65. The fourth-order valence-electron chi connectivity index (χ4n) is 2.28. The zero-order chi connectivity index (χ0) is 15.1. The van der Waals surface area contributed by atoms with E-state index in [4.69, 9.17) is 28.5 Å². The van der Waals surface area contributed by atoms with Crippen LogP contribution in [0.3, 0.4) is 0 Å². The normalized spacial score (nSPS) is 28.9. The van der Waals surface area contributed by atoms with Crippen LogP contribution in [-0.4, -0.2) is 53.9 Å². The van der Waals surface area contributed by atoms with E-state index in [9.17, 15) is 10.2 Å². The number of anilines is 1. The number of ether oxygens (including phenoxy) is 1. The van der Waals surface area contributed by atoms with Crippen molar-refractivity contribution in [3.05, 3.63) is 12.2 Å². The second kappa shape index (κ2) is 5.13. The van der Waals surface area contributed by atoms with Gasteiger partial charge in [-0.15, -0.1) is 18.0 Å². The molecule has 2 aromatic heterocycles. The van der Waals surface area contributed by atoms with Crippen molar-refractivity contribution in [3.8, 4) is 12.3 Å². The highest BCUT2D eigenvalue weighted by Gasteiger charge is 2.43. The van der Waals surface area contributed by atoms with Gasteiger partial charge < -0.3 is 20.7 Å². The first-order valence-corrected chi connectivity index (χ1v) is 6.64. The summed E-state index contributed by atoms with van der Waals surface area (Å²) in [7, 11) is 0. The SMILES string of the molecule is C#Cc1nc(N)c2ncn([C@@H]3O[C@H](CCl)[C@@H](O)[C@H]3O)c2n1. The van der Waals surface area contributed by atoms with Gasteiger partial charge in [-0.25, -0.2) is 15.0 Å². The molecule has 1 aliphatic rings. The number of imidazole rings is 1. The lowest BCUT2D eigenvalue weighted by atomic mass is 10.1. The lowest BCUT2D eigenvalue weighted by molar-refractivity contribution is -0.0291. The number of aliphatic hydroxyl groups is 2. The molecular formula is C12H12ClN5O3. The molecule has 0 spiro atoms. The Kier molecular flexibility index (Phi) is 3.43. The molecule has 0 saturated carbocycles. The average molecular weight is 310 g/mol. The molecule has 0 unspecified atom stereocenters. The summed E-state index contributed by atoms with van der Waals surface area (Å²) in [5.41, 5.74) is 6.43. The molecule has 2 aromatic rings. The summed E-state index contributed by atoms with van der Waals surface area (Å²) < 4.78 is 6.99. The fraction of sp³-hybridized carbons (Fsp3) is 0.417. The first-order chi connectivity index (χ1) is 10.1. The van der Waals surface area contributed by atoms with Gasteiger partial charge in [0.25, 0.3) is 0 Å². The first kappa shape index (κ1) is 14.0. The van der Waals surface area contributed by atoms with Crippen LogP contribution in [0.1, 0.15) is 12.1 Å². The quantitative estimate of drug-likeness (QED) is 0.493. The van der Waals surface area contributed by atoms with Gasteiger partial charge in [0, 0.05) is 0 Å². The third-order valence-electron chi connectivity index (χ3n) is 3.34. The number of rotatable bonds is 2. The molecule has 0 aliphatic carbocycles. The minimum atomic E-state index is -1.17. The predicted octanol–water partition coefficient (Wildman–Crippen LogP) is -0.752. The Labute approximate surface area is 124 Å². The van der Waals surface area contributed by atoms with Gasteiger partial charge >= 0.3 is 0 Å². The van der Waals surface area contributed by atoms with Crippen molar-refractivity contribution in [3.63, 3.8) is 0 Å². The van der Waals surface area contributed by atoms with Crippen LogP contribution in [-0.2, 0) is 4.74 Å². The monoisotopic (exact) mass is 309 g/mol. The van der Waals surface area contributed by atoms with Crippen LogP contribution < -0.4 is 5.73 Å². The number of hydrogen-bond donors (Lipinski definition) is 3. The molecule has 0 amide bonds. The van der Waals surface area contributed by atoms with E-state index < -0.39 is 24.5 Å². The second-order valence-electron chi connectivity index (χ2n) is 4.60. The number of aromatic nitrogens is 4. The molecule has 0 radical (unpaired) electrons.